The lowest BCUT2D eigenvalue weighted by molar-refractivity contribution is -0.124. The number of halogens is 4. The van der Waals surface area contributed by atoms with Crippen LogP contribution in [-0.2, 0) is 9.59 Å². The zero-order valence-electron chi connectivity index (χ0n) is 8.61. The van der Waals surface area contributed by atoms with Gasteiger partial charge in [0, 0.05) is 0 Å². The van der Waals surface area contributed by atoms with Crippen molar-refractivity contribution in [2.75, 3.05) is 5.32 Å². The van der Waals surface area contributed by atoms with Gasteiger partial charge in [-0.3, -0.25) is 9.59 Å². The minimum absolute atomic E-state index is 0.0546. The second kappa shape index (κ2) is 5.91. The molecule has 0 heterocycles. The van der Waals surface area contributed by atoms with Crippen LogP contribution in [0.2, 0.25) is 20.1 Å². The van der Waals surface area contributed by atoms with Gasteiger partial charge in [-0.15, -0.1) is 0 Å². The molecule has 92 valence electrons. The van der Waals surface area contributed by atoms with E-state index in [1.807, 2.05) is 0 Å². The molecule has 0 unspecified atom stereocenters. The van der Waals surface area contributed by atoms with Gasteiger partial charge in [0.1, 0.15) is 5.78 Å². The first-order valence-electron chi connectivity index (χ1n) is 4.45. The molecule has 0 fully saturated rings. The van der Waals surface area contributed by atoms with Gasteiger partial charge < -0.3 is 5.32 Å². The Morgan fingerprint density at radius 1 is 1.12 bits per heavy atom. The number of carbonyl (C=O) groups excluding carboxylic acids is 2. The second-order valence-corrected chi connectivity index (χ2v) is 4.82. The number of hydrogen-bond donors (Lipinski definition) is 1. The number of carbonyl (C=O) groups is 2. The monoisotopic (exact) mass is 313 g/mol. The molecule has 0 radical (unpaired) electrons. The third kappa shape index (κ3) is 3.75. The van der Waals surface area contributed by atoms with Crippen LogP contribution >= 0.6 is 46.4 Å². The number of nitrogens with one attached hydrogen (secondary N) is 1. The van der Waals surface area contributed by atoms with E-state index in [0.29, 0.717) is 0 Å². The molecule has 1 aromatic carbocycles. The molecule has 0 saturated heterocycles. The molecule has 17 heavy (non-hydrogen) atoms. The van der Waals surface area contributed by atoms with Crippen LogP contribution < -0.4 is 5.32 Å². The zero-order valence-corrected chi connectivity index (χ0v) is 11.6. The van der Waals surface area contributed by atoms with E-state index >= 15 is 0 Å². The summed E-state index contributed by atoms with van der Waals surface area (Å²) >= 11 is 23.2. The number of benzene rings is 1. The topological polar surface area (TPSA) is 46.2 Å². The molecule has 0 aromatic heterocycles. The lowest BCUT2D eigenvalue weighted by atomic mass is 10.2. The number of Topliss-reactive ketones (excluding diaryl/α,β-unsaturated/α-hetero) is 1. The summed E-state index contributed by atoms with van der Waals surface area (Å²) < 4.78 is 0. The van der Waals surface area contributed by atoms with Crippen molar-refractivity contribution in [3.63, 3.8) is 0 Å². The highest BCUT2D eigenvalue weighted by Gasteiger charge is 2.15. The van der Waals surface area contributed by atoms with Gasteiger partial charge in [0.2, 0.25) is 5.91 Å². The number of rotatable bonds is 3. The Bertz CT molecular complexity index is 488. The molecule has 0 aliphatic carbocycles. The maximum Gasteiger partial charge on any atom is 0.231 e. The molecule has 1 N–H and O–H groups in total. The molecule has 0 bridgehead atoms. The molecule has 0 aliphatic rings. The SMILES string of the molecule is CC(=O)CC(=O)Nc1cc(Cl)c(Cl)c(Cl)c1Cl. The molecular weight excluding hydrogens is 308 g/mol. The standard InChI is InChI=1S/C10H7Cl4NO2/c1-4(16)2-7(17)15-6-3-5(11)8(12)10(14)9(6)13/h3H,2H2,1H3,(H,15,17). The van der Waals surface area contributed by atoms with Crippen LogP contribution in [-0.4, -0.2) is 11.7 Å². The average molecular weight is 315 g/mol. The van der Waals surface area contributed by atoms with Crippen LogP contribution in [0.15, 0.2) is 6.07 Å². The second-order valence-electron chi connectivity index (χ2n) is 3.27. The van der Waals surface area contributed by atoms with E-state index in [1.165, 1.54) is 13.0 Å². The van der Waals surface area contributed by atoms with Gasteiger partial charge >= 0.3 is 0 Å². The van der Waals surface area contributed by atoms with Gasteiger partial charge in [-0.25, -0.2) is 0 Å². The van der Waals surface area contributed by atoms with E-state index in [0.717, 1.165) is 0 Å². The van der Waals surface area contributed by atoms with Gasteiger partial charge in [0.05, 0.1) is 32.2 Å². The molecule has 7 heteroatoms. The van der Waals surface area contributed by atoms with E-state index in [9.17, 15) is 9.59 Å². The first kappa shape index (κ1) is 14.6. The van der Waals surface area contributed by atoms with Crippen molar-refractivity contribution < 1.29 is 9.59 Å². The summed E-state index contributed by atoms with van der Waals surface area (Å²) in [6.45, 7) is 1.31. The number of ketones is 1. The molecule has 1 rings (SSSR count). The lowest BCUT2D eigenvalue weighted by Gasteiger charge is -2.10. The maximum atomic E-state index is 11.4. The molecule has 0 atom stereocenters. The number of anilines is 1. The van der Waals surface area contributed by atoms with Gasteiger partial charge in [-0.2, -0.15) is 0 Å². The summed E-state index contributed by atoms with van der Waals surface area (Å²) in [6.07, 6.45) is -0.242. The summed E-state index contributed by atoms with van der Waals surface area (Å²) in [6, 6.07) is 1.37. The van der Waals surface area contributed by atoms with Crippen LogP contribution in [0.4, 0.5) is 5.69 Å². The van der Waals surface area contributed by atoms with Crippen molar-refractivity contribution in [1.82, 2.24) is 0 Å². The van der Waals surface area contributed by atoms with Crippen molar-refractivity contribution in [2.24, 2.45) is 0 Å². The first-order chi connectivity index (χ1) is 7.82. The smallest absolute Gasteiger partial charge is 0.231 e. The van der Waals surface area contributed by atoms with E-state index < -0.39 is 5.91 Å². The Morgan fingerprint density at radius 2 is 1.71 bits per heavy atom. The van der Waals surface area contributed by atoms with Crippen LogP contribution in [0.25, 0.3) is 0 Å². The highest BCUT2D eigenvalue weighted by molar-refractivity contribution is 6.52. The average Bonchev–Trinajstić information content (AvgIpc) is 2.21. The zero-order chi connectivity index (χ0) is 13.2. The lowest BCUT2D eigenvalue weighted by Crippen LogP contribution is -2.15. The highest BCUT2D eigenvalue weighted by atomic mass is 35.5. The Labute approximate surface area is 118 Å². The fraction of sp³-hybridized carbons (Fsp3) is 0.200. The van der Waals surface area contributed by atoms with E-state index in [-0.39, 0.29) is 38.0 Å². The first-order valence-corrected chi connectivity index (χ1v) is 5.96. The normalized spacial score (nSPS) is 10.2. The largest absolute Gasteiger partial charge is 0.324 e. The van der Waals surface area contributed by atoms with Crippen molar-refractivity contribution in [2.45, 2.75) is 13.3 Å². The van der Waals surface area contributed by atoms with Crippen molar-refractivity contribution in [3.05, 3.63) is 26.2 Å². The maximum absolute atomic E-state index is 11.4. The van der Waals surface area contributed by atoms with Crippen molar-refractivity contribution >= 4 is 63.8 Å². The fourth-order valence-corrected chi connectivity index (χ4v) is 1.93. The van der Waals surface area contributed by atoms with Gasteiger partial charge in [-0.1, -0.05) is 46.4 Å². The van der Waals surface area contributed by atoms with Crippen molar-refractivity contribution in [3.8, 4) is 0 Å². The third-order valence-electron chi connectivity index (χ3n) is 1.79. The minimum Gasteiger partial charge on any atom is -0.324 e. The third-order valence-corrected chi connectivity index (χ3v) is 3.54. The Kier molecular flexibility index (Phi) is 5.07. The summed E-state index contributed by atoms with van der Waals surface area (Å²) in [5.41, 5.74) is 0.220. The van der Waals surface area contributed by atoms with Gasteiger partial charge in [0.25, 0.3) is 0 Å². The summed E-state index contributed by atoms with van der Waals surface area (Å²) in [5, 5.41) is 2.85. The van der Waals surface area contributed by atoms with Crippen molar-refractivity contribution in [1.29, 1.82) is 0 Å². The van der Waals surface area contributed by atoms with E-state index in [4.69, 9.17) is 46.4 Å². The molecule has 1 amide bonds. The number of hydrogen-bond acceptors (Lipinski definition) is 2. The molecule has 0 aliphatic heterocycles. The van der Waals surface area contributed by atoms with Crippen LogP contribution in [0.3, 0.4) is 0 Å². The Morgan fingerprint density at radius 3 is 2.24 bits per heavy atom. The summed E-state index contributed by atoms with van der Waals surface area (Å²) in [5.74, 6) is -0.751. The predicted octanol–water partition coefficient (Wildman–Crippen LogP) is 4.22. The quantitative estimate of drug-likeness (QED) is 0.516. The molecule has 3 nitrogen and oxygen atoms in total. The van der Waals surface area contributed by atoms with Gasteiger partial charge in [-0.05, 0) is 13.0 Å². The Hall–Kier alpha value is -0.480. The highest BCUT2D eigenvalue weighted by Crippen LogP contribution is 2.40. The Balaban J connectivity index is 3.00. The predicted molar refractivity (Wildman–Crippen MR) is 70.4 cm³/mol. The van der Waals surface area contributed by atoms with Gasteiger partial charge in [0.15, 0.2) is 0 Å². The fourth-order valence-electron chi connectivity index (χ4n) is 1.08. The summed E-state index contributed by atoms with van der Waals surface area (Å²) in [7, 11) is 0. The molecule has 0 spiro atoms. The van der Waals surface area contributed by atoms with E-state index in [1.54, 1.807) is 0 Å². The molecule has 0 saturated carbocycles. The molecule has 1 aromatic rings. The number of amides is 1. The summed E-state index contributed by atoms with van der Waals surface area (Å²) in [4.78, 5) is 22.1. The molecular formula is C10H7Cl4NO2. The van der Waals surface area contributed by atoms with Crippen LogP contribution in [0.5, 0.6) is 0 Å². The van der Waals surface area contributed by atoms with Crippen LogP contribution in [0.1, 0.15) is 13.3 Å². The minimum atomic E-state index is -0.492. The van der Waals surface area contributed by atoms with Crippen LogP contribution in [0, 0.1) is 0 Å². The van der Waals surface area contributed by atoms with E-state index in [2.05, 4.69) is 5.32 Å².